The summed E-state index contributed by atoms with van der Waals surface area (Å²) in [5, 5.41) is 18.0. The van der Waals surface area contributed by atoms with Gasteiger partial charge in [-0.1, -0.05) is 0 Å². The predicted molar refractivity (Wildman–Crippen MR) is 42.6 cm³/mol. The average molecular weight is 176 g/mol. The fourth-order valence-electron chi connectivity index (χ4n) is 1.25. The molecule has 1 heterocycles. The number of aliphatic hydroxyl groups is 2. The minimum Gasteiger partial charge on any atom is -0.396 e. The van der Waals surface area contributed by atoms with Gasteiger partial charge in [-0.15, -0.1) is 0 Å². The van der Waals surface area contributed by atoms with E-state index in [0.29, 0.717) is 6.42 Å². The highest BCUT2D eigenvalue weighted by atomic mass is 16.7. The average Bonchev–Trinajstić information content (AvgIpc) is 1.97. The molecule has 4 heteroatoms. The van der Waals surface area contributed by atoms with Crippen molar-refractivity contribution < 1.29 is 19.7 Å². The van der Waals surface area contributed by atoms with Crippen LogP contribution in [0.25, 0.3) is 0 Å². The van der Waals surface area contributed by atoms with E-state index in [9.17, 15) is 5.11 Å². The quantitative estimate of drug-likeness (QED) is 0.616. The third-order valence-corrected chi connectivity index (χ3v) is 1.88. The van der Waals surface area contributed by atoms with E-state index in [1.54, 1.807) is 13.8 Å². The second-order valence-electron chi connectivity index (χ2n) is 3.45. The van der Waals surface area contributed by atoms with E-state index in [4.69, 9.17) is 14.6 Å². The summed E-state index contributed by atoms with van der Waals surface area (Å²) in [4.78, 5) is 0. The van der Waals surface area contributed by atoms with Crippen molar-refractivity contribution in [3.63, 3.8) is 0 Å². The predicted octanol–water partition coefficient (Wildman–Crippen LogP) is -0.119. The van der Waals surface area contributed by atoms with Crippen molar-refractivity contribution in [3.8, 4) is 0 Å². The number of rotatable bonds is 2. The lowest BCUT2D eigenvalue weighted by molar-refractivity contribution is -0.305. The standard InChI is InChI=1S/C8H16O4/c1-8(2)11-5-6(10)7(12-8)3-4-9/h6-7,9-10H,3-5H2,1-2H3/t6-,7+/m1/s1. The molecular formula is C8H16O4. The maximum absolute atomic E-state index is 9.37. The lowest BCUT2D eigenvalue weighted by Gasteiger charge is -2.38. The van der Waals surface area contributed by atoms with Crippen molar-refractivity contribution in [1.29, 1.82) is 0 Å². The Balaban J connectivity index is 2.47. The molecule has 0 spiro atoms. The Morgan fingerprint density at radius 2 is 2.17 bits per heavy atom. The summed E-state index contributed by atoms with van der Waals surface area (Å²) in [6.07, 6.45) is -0.475. The Labute approximate surface area is 72.1 Å². The first-order valence-electron chi connectivity index (χ1n) is 4.16. The van der Waals surface area contributed by atoms with E-state index in [1.807, 2.05) is 0 Å². The summed E-state index contributed by atoms with van der Waals surface area (Å²) in [5.41, 5.74) is 0. The monoisotopic (exact) mass is 176 g/mol. The molecule has 1 fully saturated rings. The molecule has 1 rings (SSSR count). The van der Waals surface area contributed by atoms with E-state index >= 15 is 0 Å². The van der Waals surface area contributed by atoms with Crippen molar-refractivity contribution in [3.05, 3.63) is 0 Å². The third-order valence-electron chi connectivity index (χ3n) is 1.88. The van der Waals surface area contributed by atoms with Crippen LogP contribution in [-0.4, -0.2) is 41.4 Å². The summed E-state index contributed by atoms with van der Waals surface area (Å²) in [6, 6.07) is 0. The third kappa shape index (κ3) is 2.42. The molecule has 0 radical (unpaired) electrons. The summed E-state index contributed by atoms with van der Waals surface area (Å²) in [6.45, 7) is 3.89. The van der Waals surface area contributed by atoms with Crippen LogP contribution in [0.4, 0.5) is 0 Å². The minimum absolute atomic E-state index is 0.0256. The van der Waals surface area contributed by atoms with Gasteiger partial charge in [0.1, 0.15) is 6.10 Å². The molecule has 0 unspecified atom stereocenters. The molecule has 0 aliphatic carbocycles. The normalized spacial score (nSPS) is 35.0. The molecule has 72 valence electrons. The van der Waals surface area contributed by atoms with Crippen LogP contribution < -0.4 is 0 Å². The van der Waals surface area contributed by atoms with Crippen LogP contribution in [0.3, 0.4) is 0 Å². The Morgan fingerprint density at radius 3 is 2.75 bits per heavy atom. The number of aliphatic hydroxyl groups excluding tert-OH is 2. The summed E-state index contributed by atoms with van der Waals surface area (Å²) in [7, 11) is 0. The molecule has 4 nitrogen and oxygen atoms in total. The molecule has 0 aromatic heterocycles. The zero-order chi connectivity index (χ0) is 9.19. The van der Waals surface area contributed by atoms with E-state index in [-0.39, 0.29) is 19.3 Å². The van der Waals surface area contributed by atoms with Crippen LogP contribution in [0.5, 0.6) is 0 Å². The van der Waals surface area contributed by atoms with Crippen LogP contribution in [0.1, 0.15) is 20.3 Å². The van der Waals surface area contributed by atoms with Crippen LogP contribution in [0.2, 0.25) is 0 Å². The minimum atomic E-state index is -0.640. The lowest BCUT2D eigenvalue weighted by atomic mass is 10.1. The van der Waals surface area contributed by atoms with Gasteiger partial charge in [0.2, 0.25) is 0 Å². The van der Waals surface area contributed by atoms with Crippen molar-refractivity contribution in [1.82, 2.24) is 0 Å². The van der Waals surface area contributed by atoms with Gasteiger partial charge >= 0.3 is 0 Å². The Hall–Kier alpha value is -0.160. The first-order valence-corrected chi connectivity index (χ1v) is 4.16. The maximum atomic E-state index is 9.37. The highest BCUT2D eigenvalue weighted by Gasteiger charge is 2.34. The number of ether oxygens (including phenoxy) is 2. The topological polar surface area (TPSA) is 58.9 Å². The van der Waals surface area contributed by atoms with E-state index in [0.717, 1.165) is 0 Å². The number of hydrogen-bond acceptors (Lipinski definition) is 4. The highest BCUT2D eigenvalue weighted by Crippen LogP contribution is 2.23. The molecule has 0 bridgehead atoms. The molecule has 1 aliphatic heterocycles. The zero-order valence-corrected chi connectivity index (χ0v) is 7.49. The van der Waals surface area contributed by atoms with E-state index in [2.05, 4.69) is 0 Å². The molecule has 12 heavy (non-hydrogen) atoms. The van der Waals surface area contributed by atoms with Crippen molar-refractivity contribution in [2.75, 3.05) is 13.2 Å². The second kappa shape index (κ2) is 3.70. The van der Waals surface area contributed by atoms with Gasteiger partial charge < -0.3 is 19.7 Å². The van der Waals surface area contributed by atoms with Crippen LogP contribution >= 0.6 is 0 Å². The van der Waals surface area contributed by atoms with Crippen LogP contribution in [0.15, 0.2) is 0 Å². The van der Waals surface area contributed by atoms with Gasteiger partial charge in [0.05, 0.1) is 12.7 Å². The van der Waals surface area contributed by atoms with Gasteiger partial charge in [-0.3, -0.25) is 0 Å². The molecule has 0 saturated carbocycles. The summed E-state index contributed by atoms with van der Waals surface area (Å²) >= 11 is 0. The molecule has 1 aliphatic rings. The summed E-state index contributed by atoms with van der Waals surface area (Å²) in [5.74, 6) is -0.640. The molecule has 2 N–H and O–H groups in total. The van der Waals surface area contributed by atoms with Crippen molar-refractivity contribution in [2.45, 2.75) is 38.3 Å². The van der Waals surface area contributed by atoms with Crippen LogP contribution in [0, 0.1) is 0 Å². The van der Waals surface area contributed by atoms with Gasteiger partial charge in [0.15, 0.2) is 5.79 Å². The lowest BCUT2D eigenvalue weighted by Crippen LogP contribution is -2.48. The molecule has 0 amide bonds. The van der Waals surface area contributed by atoms with Crippen molar-refractivity contribution in [2.24, 2.45) is 0 Å². The Kier molecular flexibility index (Phi) is 3.06. The van der Waals surface area contributed by atoms with E-state index < -0.39 is 11.9 Å². The largest absolute Gasteiger partial charge is 0.396 e. The zero-order valence-electron chi connectivity index (χ0n) is 7.49. The highest BCUT2D eigenvalue weighted by molar-refractivity contribution is 4.76. The molecular weight excluding hydrogens is 160 g/mol. The fraction of sp³-hybridized carbons (Fsp3) is 1.00. The van der Waals surface area contributed by atoms with Gasteiger partial charge in [-0.2, -0.15) is 0 Å². The van der Waals surface area contributed by atoms with Gasteiger partial charge in [-0.05, 0) is 20.3 Å². The second-order valence-corrected chi connectivity index (χ2v) is 3.45. The van der Waals surface area contributed by atoms with Crippen molar-refractivity contribution >= 4 is 0 Å². The number of hydrogen-bond donors (Lipinski definition) is 2. The Bertz CT molecular complexity index is 146. The van der Waals surface area contributed by atoms with Gasteiger partial charge in [0.25, 0.3) is 0 Å². The summed E-state index contributed by atoms with van der Waals surface area (Å²) < 4.78 is 10.6. The maximum Gasteiger partial charge on any atom is 0.163 e. The van der Waals surface area contributed by atoms with E-state index in [1.165, 1.54) is 0 Å². The first-order chi connectivity index (χ1) is 5.55. The fourth-order valence-corrected chi connectivity index (χ4v) is 1.25. The molecule has 0 aromatic carbocycles. The molecule has 2 atom stereocenters. The molecule has 1 saturated heterocycles. The van der Waals surface area contributed by atoms with Crippen LogP contribution in [-0.2, 0) is 9.47 Å². The molecule has 0 aromatic rings. The first kappa shape index (κ1) is 9.92. The van der Waals surface area contributed by atoms with Gasteiger partial charge in [0, 0.05) is 6.61 Å². The van der Waals surface area contributed by atoms with Gasteiger partial charge in [-0.25, -0.2) is 0 Å². The Morgan fingerprint density at radius 1 is 1.50 bits per heavy atom. The smallest absolute Gasteiger partial charge is 0.163 e. The SMILES string of the molecule is CC1(C)OC[C@@H](O)[C@H](CCO)O1.